The first-order valence-electron chi connectivity index (χ1n) is 6.80. The van der Waals surface area contributed by atoms with Gasteiger partial charge in [-0.1, -0.05) is 23.7 Å². The van der Waals surface area contributed by atoms with E-state index >= 15 is 0 Å². The van der Waals surface area contributed by atoms with Crippen LogP contribution in [0.1, 0.15) is 12.5 Å². The Morgan fingerprint density at radius 2 is 2.09 bits per heavy atom. The van der Waals surface area contributed by atoms with Gasteiger partial charge in [0.15, 0.2) is 0 Å². The van der Waals surface area contributed by atoms with Crippen LogP contribution in [0.4, 0.5) is 10.1 Å². The van der Waals surface area contributed by atoms with Gasteiger partial charge in [0.1, 0.15) is 17.6 Å². The Morgan fingerprint density at radius 1 is 1.35 bits per heavy atom. The third kappa shape index (κ3) is 4.69. The second-order valence-corrected chi connectivity index (χ2v) is 5.19. The van der Waals surface area contributed by atoms with E-state index in [4.69, 9.17) is 11.6 Å². The quantitative estimate of drug-likeness (QED) is 0.580. The Labute approximate surface area is 137 Å². The molecular weight excluding hydrogens is 321 g/mol. The molecule has 0 aliphatic rings. The topological polar surface area (TPSA) is 73.7 Å². The van der Waals surface area contributed by atoms with E-state index in [9.17, 15) is 14.3 Å². The van der Waals surface area contributed by atoms with E-state index in [1.165, 1.54) is 24.4 Å². The second kappa shape index (κ2) is 7.60. The molecule has 0 aliphatic carbocycles. The molecule has 2 aromatic carbocycles. The maximum Gasteiger partial charge on any atom is 0.262 e. The molecule has 0 spiro atoms. The number of rotatable bonds is 5. The number of nitrogens with one attached hydrogen (secondary N) is 2. The van der Waals surface area contributed by atoms with Crippen molar-refractivity contribution in [2.75, 3.05) is 5.32 Å². The van der Waals surface area contributed by atoms with Crippen molar-refractivity contribution in [1.82, 2.24) is 5.43 Å². The molecule has 1 amide bonds. The van der Waals surface area contributed by atoms with E-state index in [1.807, 2.05) is 0 Å². The van der Waals surface area contributed by atoms with Crippen molar-refractivity contribution in [1.29, 1.82) is 0 Å². The number of aromatic hydroxyl groups is 1. The molecule has 0 heterocycles. The molecular formula is C16H15ClFN3O2. The Balaban J connectivity index is 1.95. The fraction of sp³-hybridized carbons (Fsp3) is 0.125. The van der Waals surface area contributed by atoms with Crippen LogP contribution in [0.3, 0.4) is 0 Å². The first-order valence-corrected chi connectivity index (χ1v) is 7.17. The van der Waals surface area contributed by atoms with Gasteiger partial charge >= 0.3 is 0 Å². The van der Waals surface area contributed by atoms with Crippen LogP contribution in [0, 0.1) is 5.82 Å². The number of amides is 1. The molecule has 2 rings (SSSR count). The molecule has 23 heavy (non-hydrogen) atoms. The molecule has 0 fully saturated rings. The lowest BCUT2D eigenvalue weighted by Crippen LogP contribution is -2.34. The van der Waals surface area contributed by atoms with Crippen LogP contribution in [0.25, 0.3) is 0 Å². The first kappa shape index (κ1) is 16.8. The number of halogens is 2. The predicted molar refractivity (Wildman–Crippen MR) is 88.3 cm³/mol. The van der Waals surface area contributed by atoms with E-state index in [0.717, 1.165) is 0 Å². The predicted octanol–water partition coefficient (Wildman–Crippen LogP) is 3.14. The van der Waals surface area contributed by atoms with Gasteiger partial charge in [-0.3, -0.25) is 4.79 Å². The number of phenolic OH excluding ortho intramolecular Hbond substituents is 1. The SMILES string of the molecule is CC(Nc1cccc(F)c1)C(=O)NN=Cc1c(O)cccc1Cl. The highest BCUT2D eigenvalue weighted by atomic mass is 35.5. The highest BCUT2D eigenvalue weighted by Gasteiger charge is 2.12. The standard InChI is InChI=1S/C16H15ClFN3O2/c1-10(20-12-5-2-4-11(18)8-12)16(23)21-19-9-13-14(17)6-3-7-15(13)22/h2-10,20,22H,1H3,(H,21,23). The van der Waals surface area contributed by atoms with E-state index in [-0.39, 0.29) is 5.75 Å². The summed E-state index contributed by atoms with van der Waals surface area (Å²) in [6, 6.07) is 9.82. The summed E-state index contributed by atoms with van der Waals surface area (Å²) in [6.45, 7) is 1.61. The Morgan fingerprint density at radius 3 is 2.78 bits per heavy atom. The van der Waals surface area contributed by atoms with Gasteiger partial charge in [0, 0.05) is 5.69 Å². The lowest BCUT2D eigenvalue weighted by molar-refractivity contribution is -0.121. The third-order valence-corrected chi connectivity index (χ3v) is 3.33. The Bertz CT molecular complexity index is 717. The van der Waals surface area contributed by atoms with E-state index in [0.29, 0.717) is 16.3 Å². The number of hydrogen-bond acceptors (Lipinski definition) is 4. The number of hydrazone groups is 1. The van der Waals surface area contributed by atoms with Gasteiger partial charge in [0.2, 0.25) is 0 Å². The van der Waals surface area contributed by atoms with Crippen LogP contribution in [0.5, 0.6) is 5.75 Å². The molecule has 0 bridgehead atoms. The molecule has 0 saturated carbocycles. The summed E-state index contributed by atoms with van der Waals surface area (Å²) in [5, 5.41) is 16.6. The maximum atomic E-state index is 13.1. The van der Waals surface area contributed by atoms with Crippen molar-refractivity contribution in [2.45, 2.75) is 13.0 Å². The van der Waals surface area contributed by atoms with Gasteiger partial charge < -0.3 is 10.4 Å². The summed E-state index contributed by atoms with van der Waals surface area (Å²) < 4.78 is 13.1. The van der Waals surface area contributed by atoms with Crippen LogP contribution in [-0.2, 0) is 4.79 Å². The monoisotopic (exact) mass is 335 g/mol. The molecule has 0 aliphatic heterocycles. The van der Waals surface area contributed by atoms with Crippen molar-refractivity contribution in [3.8, 4) is 5.75 Å². The number of carbonyl (C=O) groups is 1. The van der Waals surface area contributed by atoms with E-state index in [1.54, 1.807) is 31.2 Å². The van der Waals surface area contributed by atoms with E-state index < -0.39 is 17.8 Å². The fourth-order valence-electron chi connectivity index (χ4n) is 1.80. The molecule has 5 nitrogen and oxygen atoms in total. The summed E-state index contributed by atoms with van der Waals surface area (Å²) in [6.07, 6.45) is 1.25. The number of anilines is 1. The highest BCUT2D eigenvalue weighted by molar-refractivity contribution is 6.33. The molecule has 1 unspecified atom stereocenters. The molecule has 0 radical (unpaired) electrons. The molecule has 0 aromatic heterocycles. The molecule has 3 N–H and O–H groups in total. The highest BCUT2D eigenvalue weighted by Crippen LogP contribution is 2.22. The van der Waals surface area contributed by atoms with Gasteiger partial charge in [-0.05, 0) is 37.3 Å². The number of benzene rings is 2. The minimum Gasteiger partial charge on any atom is -0.507 e. The van der Waals surface area contributed by atoms with Crippen molar-refractivity contribution >= 4 is 29.4 Å². The van der Waals surface area contributed by atoms with Crippen LogP contribution in [0.15, 0.2) is 47.6 Å². The third-order valence-electron chi connectivity index (χ3n) is 3.00. The van der Waals surface area contributed by atoms with Gasteiger partial charge in [-0.15, -0.1) is 0 Å². The smallest absolute Gasteiger partial charge is 0.262 e. The zero-order valence-electron chi connectivity index (χ0n) is 12.3. The molecule has 2 aromatic rings. The van der Waals surface area contributed by atoms with Crippen molar-refractivity contribution in [3.05, 3.63) is 58.9 Å². The minimum atomic E-state index is -0.631. The number of carbonyl (C=O) groups excluding carboxylic acids is 1. The van der Waals surface area contributed by atoms with Crippen LogP contribution in [-0.4, -0.2) is 23.3 Å². The molecule has 0 saturated heterocycles. The van der Waals surface area contributed by atoms with Crippen molar-refractivity contribution in [3.63, 3.8) is 0 Å². The van der Waals surface area contributed by atoms with Crippen molar-refractivity contribution in [2.24, 2.45) is 5.10 Å². The summed E-state index contributed by atoms with van der Waals surface area (Å²) in [7, 11) is 0. The summed E-state index contributed by atoms with van der Waals surface area (Å²) in [5.41, 5.74) is 3.12. The largest absolute Gasteiger partial charge is 0.507 e. The maximum absolute atomic E-state index is 13.1. The second-order valence-electron chi connectivity index (χ2n) is 4.78. The minimum absolute atomic E-state index is 0.0403. The van der Waals surface area contributed by atoms with Gasteiger partial charge in [0.25, 0.3) is 5.91 Å². The van der Waals surface area contributed by atoms with Crippen molar-refractivity contribution < 1.29 is 14.3 Å². The average Bonchev–Trinajstić information content (AvgIpc) is 2.50. The first-order chi connectivity index (χ1) is 11.0. The lowest BCUT2D eigenvalue weighted by atomic mass is 10.2. The molecule has 7 heteroatoms. The molecule has 120 valence electrons. The zero-order valence-corrected chi connectivity index (χ0v) is 13.0. The average molecular weight is 336 g/mol. The van der Waals surface area contributed by atoms with Crippen LogP contribution < -0.4 is 10.7 Å². The number of nitrogens with zero attached hydrogens (tertiary/aromatic N) is 1. The Kier molecular flexibility index (Phi) is 5.54. The summed E-state index contributed by atoms with van der Waals surface area (Å²) in [5.74, 6) is -0.853. The summed E-state index contributed by atoms with van der Waals surface area (Å²) in [4.78, 5) is 11.9. The lowest BCUT2D eigenvalue weighted by Gasteiger charge is -2.13. The van der Waals surface area contributed by atoms with Gasteiger partial charge in [-0.25, -0.2) is 9.82 Å². The normalized spacial score (nSPS) is 12.1. The zero-order chi connectivity index (χ0) is 16.8. The van der Waals surface area contributed by atoms with E-state index in [2.05, 4.69) is 15.8 Å². The number of hydrogen-bond donors (Lipinski definition) is 3. The fourth-order valence-corrected chi connectivity index (χ4v) is 2.02. The molecule has 1 atom stereocenters. The van der Waals surface area contributed by atoms with Gasteiger partial charge in [-0.2, -0.15) is 5.10 Å². The van der Waals surface area contributed by atoms with Crippen LogP contribution >= 0.6 is 11.6 Å². The summed E-state index contributed by atoms with van der Waals surface area (Å²) >= 11 is 5.92. The number of phenols is 1. The Hall–Kier alpha value is -2.60. The van der Waals surface area contributed by atoms with Gasteiger partial charge in [0.05, 0.1) is 16.8 Å². The van der Waals surface area contributed by atoms with Crippen LogP contribution in [0.2, 0.25) is 5.02 Å².